The molecule has 0 spiro atoms. The van der Waals surface area contributed by atoms with Crippen LogP contribution in [0.1, 0.15) is 16.8 Å². The highest BCUT2D eigenvalue weighted by Gasteiger charge is 2.41. The molecule has 13 heteroatoms. The van der Waals surface area contributed by atoms with E-state index in [1.807, 2.05) is 0 Å². The van der Waals surface area contributed by atoms with Crippen molar-refractivity contribution in [3.05, 3.63) is 42.2 Å². The van der Waals surface area contributed by atoms with Crippen LogP contribution in [0, 0.1) is 0 Å². The van der Waals surface area contributed by atoms with E-state index in [1.165, 1.54) is 18.2 Å². The highest BCUT2D eigenvalue weighted by Crippen LogP contribution is 2.32. The van der Waals surface area contributed by atoms with E-state index in [2.05, 4.69) is 24.5 Å². The number of rotatable bonds is 7. The van der Waals surface area contributed by atoms with Gasteiger partial charge in [0.1, 0.15) is 4.90 Å². The fourth-order valence-corrected chi connectivity index (χ4v) is 5.99. The predicted octanol–water partition coefficient (Wildman–Crippen LogP) is 0.205. The highest BCUT2D eigenvalue weighted by molar-refractivity contribution is 7.92. The molecule has 11 nitrogen and oxygen atoms in total. The standard InChI is InChI=1S/C19H24N6O5S2/c1-31(27,28)22-15-4-5-17-16(14-15)18(26)25(32(17,29)30)9-3-8-23-10-12-24(13-11-23)19-20-6-2-7-21-19/h2,4-7,14,22H,3,8-13H2,1H3. The molecule has 2 aromatic rings. The molecule has 1 fully saturated rings. The second kappa shape index (κ2) is 8.64. The largest absolute Gasteiger partial charge is 0.338 e. The Hall–Kier alpha value is -2.77. The first-order valence-corrected chi connectivity index (χ1v) is 13.4. The number of aromatic nitrogens is 2. The predicted molar refractivity (Wildman–Crippen MR) is 118 cm³/mol. The molecule has 4 rings (SSSR count). The molecule has 1 aromatic heterocycles. The van der Waals surface area contributed by atoms with Crippen molar-refractivity contribution in [2.45, 2.75) is 11.3 Å². The van der Waals surface area contributed by atoms with Crippen molar-refractivity contribution in [1.82, 2.24) is 19.2 Å². The van der Waals surface area contributed by atoms with Crippen molar-refractivity contribution < 1.29 is 21.6 Å². The summed E-state index contributed by atoms with van der Waals surface area (Å²) in [6.07, 6.45) is 4.90. The zero-order valence-corrected chi connectivity index (χ0v) is 19.1. The smallest absolute Gasteiger partial charge is 0.269 e. The summed E-state index contributed by atoms with van der Waals surface area (Å²) < 4.78 is 51.6. The average Bonchev–Trinajstić information content (AvgIpc) is 2.94. The van der Waals surface area contributed by atoms with Crippen LogP contribution in [0.3, 0.4) is 0 Å². The summed E-state index contributed by atoms with van der Waals surface area (Å²) in [6.45, 7) is 3.84. The van der Waals surface area contributed by atoms with Crippen LogP contribution in [-0.4, -0.2) is 87.4 Å². The molecule has 1 N–H and O–H groups in total. The minimum atomic E-state index is -3.94. The normalized spacial score (nSPS) is 18.6. The monoisotopic (exact) mass is 480 g/mol. The summed E-state index contributed by atoms with van der Waals surface area (Å²) >= 11 is 0. The Balaban J connectivity index is 1.34. The van der Waals surface area contributed by atoms with Gasteiger partial charge in [-0.1, -0.05) is 0 Å². The Morgan fingerprint density at radius 3 is 2.41 bits per heavy atom. The maximum absolute atomic E-state index is 12.8. The van der Waals surface area contributed by atoms with Gasteiger partial charge in [-0.05, 0) is 30.7 Å². The second-order valence-electron chi connectivity index (χ2n) is 7.70. The summed E-state index contributed by atoms with van der Waals surface area (Å²) in [5.41, 5.74) is 0.132. The van der Waals surface area contributed by atoms with E-state index in [4.69, 9.17) is 0 Å². The number of fused-ring (bicyclic) bond motifs is 1. The third-order valence-corrected chi connectivity index (χ3v) is 7.80. The molecule has 2 aliphatic heterocycles. The summed E-state index contributed by atoms with van der Waals surface area (Å²) in [5.74, 6) is 0.0617. The van der Waals surface area contributed by atoms with Crippen LogP contribution in [0.4, 0.5) is 11.6 Å². The minimum absolute atomic E-state index is 0.0184. The molecule has 1 amide bonds. The molecular formula is C19H24N6O5S2. The first-order valence-electron chi connectivity index (χ1n) is 10.1. The van der Waals surface area contributed by atoms with Gasteiger partial charge in [0.05, 0.1) is 11.8 Å². The Kier molecular flexibility index (Phi) is 6.05. The number of carbonyl (C=O) groups is 1. The molecule has 32 heavy (non-hydrogen) atoms. The summed E-state index contributed by atoms with van der Waals surface area (Å²) in [7, 11) is -7.48. The molecule has 1 aromatic carbocycles. The number of hydrogen-bond acceptors (Lipinski definition) is 9. The summed E-state index contributed by atoms with van der Waals surface area (Å²) in [5, 5.41) is 0. The Bertz CT molecular complexity index is 1210. The summed E-state index contributed by atoms with van der Waals surface area (Å²) in [6, 6.07) is 5.64. The van der Waals surface area contributed by atoms with Gasteiger partial charge in [0.25, 0.3) is 15.9 Å². The SMILES string of the molecule is CS(=O)(=O)Nc1ccc2c(c1)C(=O)N(CCCN1CCN(c3ncccn3)CC1)S2(=O)=O. The lowest BCUT2D eigenvalue weighted by Gasteiger charge is -2.34. The minimum Gasteiger partial charge on any atom is -0.338 e. The molecule has 0 aliphatic carbocycles. The second-order valence-corrected chi connectivity index (χ2v) is 11.3. The number of hydrogen-bond donors (Lipinski definition) is 1. The van der Waals surface area contributed by atoms with Crippen LogP contribution in [0.15, 0.2) is 41.6 Å². The van der Waals surface area contributed by atoms with Gasteiger partial charge in [0, 0.05) is 57.3 Å². The number of benzene rings is 1. The van der Waals surface area contributed by atoms with Gasteiger partial charge >= 0.3 is 0 Å². The van der Waals surface area contributed by atoms with Gasteiger partial charge in [0.2, 0.25) is 16.0 Å². The lowest BCUT2D eigenvalue weighted by Crippen LogP contribution is -2.47. The Morgan fingerprint density at radius 2 is 1.75 bits per heavy atom. The molecule has 0 bridgehead atoms. The number of anilines is 2. The van der Waals surface area contributed by atoms with Crippen LogP contribution in [-0.2, 0) is 20.0 Å². The first kappa shape index (κ1) is 22.4. The van der Waals surface area contributed by atoms with Gasteiger partial charge in [-0.25, -0.2) is 31.1 Å². The molecule has 3 heterocycles. The topological polar surface area (TPSA) is 133 Å². The maximum atomic E-state index is 12.8. The lowest BCUT2D eigenvalue weighted by atomic mass is 10.2. The fourth-order valence-electron chi connectivity index (χ4n) is 3.85. The molecule has 0 radical (unpaired) electrons. The van der Waals surface area contributed by atoms with Crippen molar-refractivity contribution in [2.75, 3.05) is 55.1 Å². The van der Waals surface area contributed by atoms with Gasteiger partial charge in [-0.2, -0.15) is 0 Å². The maximum Gasteiger partial charge on any atom is 0.269 e. The van der Waals surface area contributed by atoms with E-state index in [0.717, 1.165) is 36.7 Å². The molecule has 0 unspecified atom stereocenters. The van der Waals surface area contributed by atoms with E-state index >= 15 is 0 Å². The number of piperazine rings is 1. The summed E-state index contributed by atoms with van der Waals surface area (Å²) in [4.78, 5) is 25.5. The van der Waals surface area contributed by atoms with Crippen molar-refractivity contribution in [3.8, 4) is 0 Å². The zero-order valence-electron chi connectivity index (χ0n) is 17.5. The van der Waals surface area contributed by atoms with E-state index in [0.29, 0.717) is 18.9 Å². The fraction of sp³-hybridized carbons (Fsp3) is 0.421. The Morgan fingerprint density at radius 1 is 1.06 bits per heavy atom. The molecule has 0 saturated carbocycles. The van der Waals surface area contributed by atoms with Crippen LogP contribution < -0.4 is 9.62 Å². The highest BCUT2D eigenvalue weighted by atomic mass is 32.2. The molecule has 1 saturated heterocycles. The van der Waals surface area contributed by atoms with Crippen molar-refractivity contribution >= 4 is 37.6 Å². The van der Waals surface area contributed by atoms with Crippen LogP contribution >= 0.6 is 0 Å². The van der Waals surface area contributed by atoms with E-state index in [-0.39, 0.29) is 22.7 Å². The molecular weight excluding hydrogens is 456 g/mol. The third-order valence-electron chi connectivity index (χ3n) is 5.35. The van der Waals surface area contributed by atoms with Crippen molar-refractivity contribution in [2.24, 2.45) is 0 Å². The van der Waals surface area contributed by atoms with Crippen LogP contribution in [0.2, 0.25) is 0 Å². The third kappa shape index (κ3) is 4.69. The number of amides is 1. The van der Waals surface area contributed by atoms with Crippen LogP contribution in [0.25, 0.3) is 0 Å². The first-order chi connectivity index (χ1) is 15.1. The van der Waals surface area contributed by atoms with Gasteiger partial charge in [0.15, 0.2) is 0 Å². The molecule has 2 aliphatic rings. The number of nitrogens with zero attached hydrogens (tertiary/aromatic N) is 5. The van der Waals surface area contributed by atoms with E-state index in [1.54, 1.807) is 18.5 Å². The molecule has 172 valence electrons. The number of sulfonamides is 2. The Labute approximate surface area is 187 Å². The van der Waals surface area contributed by atoms with E-state index < -0.39 is 26.0 Å². The van der Waals surface area contributed by atoms with Gasteiger partial charge < -0.3 is 4.90 Å². The van der Waals surface area contributed by atoms with Crippen molar-refractivity contribution in [1.29, 1.82) is 0 Å². The number of nitrogens with one attached hydrogen (secondary N) is 1. The average molecular weight is 481 g/mol. The lowest BCUT2D eigenvalue weighted by molar-refractivity contribution is 0.0866. The molecule has 0 atom stereocenters. The number of carbonyl (C=O) groups excluding carboxylic acids is 1. The quantitative estimate of drug-likeness (QED) is 0.590. The zero-order chi connectivity index (χ0) is 22.9. The van der Waals surface area contributed by atoms with E-state index in [9.17, 15) is 21.6 Å². The van der Waals surface area contributed by atoms with Crippen molar-refractivity contribution in [3.63, 3.8) is 0 Å². The van der Waals surface area contributed by atoms with Gasteiger partial charge in [-0.3, -0.25) is 14.4 Å². The van der Waals surface area contributed by atoms with Gasteiger partial charge in [-0.15, -0.1) is 0 Å². The van der Waals surface area contributed by atoms with Crippen LogP contribution in [0.5, 0.6) is 0 Å².